The molecule has 0 radical (unpaired) electrons. The van der Waals surface area contributed by atoms with E-state index in [4.69, 9.17) is 11.6 Å². The van der Waals surface area contributed by atoms with Gasteiger partial charge in [0.2, 0.25) is 5.16 Å². The molecular formula is C17H14ClFN4S. The average Bonchev–Trinajstić information content (AvgIpc) is 3.01. The zero-order valence-electron chi connectivity index (χ0n) is 12.9. The molecule has 0 aliphatic rings. The molecule has 0 saturated carbocycles. The highest BCUT2D eigenvalue weighted by Gasteiger charge is 2.07. The van der Waals surface area contributed by atoms with Crippen LogP contribution in [0.25, 0.3) is 0 Å². The van der Waals surface area contributed by atoms with Crippen molar-refractivity contribution in [1.82, 2.24) is 14.9 Å². The predicted octanol–water partition coefficient (Wildman–Crippen LogP) is 4.55. The summed E-state index contributed by atoms with van der Waals surface area (Å²) in [6.45, 7) is 2.05. The number of halogens is 2. The molecule has 0 spiro atoms. The molecule has 3 aromatic rings. The number of benzene rings is 2. The van der Waals surface area contributed by atoms with Crippen molar-refractivity contribution in [3.8, 4) is 0 Å². The Morgan fingerprint density at radius 1 is 1.25 bits per heavy atom. The summed E-state index contributed by atoms with van der Waals surface area (Å²) in [5, 5.41) is 13.0. The number of hydrogen-bond acceptors (Lipinski definition) is 4. The summed E-state index contributed by atoms with van der Waals surface area (Å²) in [6.07, 6.45) is 2.85. The van der Waals surface area contributed by atoms with Crippen molar-refractivity contribution >= 4 is 29.6 Å². The summed E-state index contributed by atoms with van der Waals surface area (Å²) < 4.78 is 15.3. The Bertz CT molecular complexity index is 841. The Hall–Kier alpha value is -2.18. The normalized spacial score (nSPS) is 11.3. The van der Waals surface area contributed by atoms with Gasteiger partial charge in [-0.05, 0) is 24.6 Å². The topological polar surface area (TPSA) is 43.1 Å². The number of thioether (sulfide) groups is 1. The molecule has 0 N–H and O–H groups in total. The van der Waals surface area contributed by atoms with Crippen LogP contribution in [0.5, 0.6) is 0 Å². The van der Waals surface area contributed by atoms with Crippen LogP contribution in [0, 0.1) is 12.7 Å². The smallest absolute Gasteiger partial charge is 0.206 e. The SMILES string of the molecule is Cc1ccc(CSc2nncn2N=Cc2c(F)cccc2Cl)cc1. The lowest BCUT2D eigenvalue weighted by molar-refractivity contribution is 0.625. The van der Waals surface area contributed by atoms with Crippen LogP contribution in [0.2, 0.25) is 5.02 Å². The van der Waals surface area contributed by atoms with Crippen LogP contribution in [0.15, 0.2) is 59.0 Å². The number of aromatic nitrogens is 3. The maximum absolute atomic E-state index is 13.8. The Balaban J connectivity index is 1.73. The molecule has 0 saturated heterocycles. The van der Waals surface area contributed by atoms with Crippen LogP contribution in [-0.4, -0.2) is 21.1 Å². The van der Waals surface area contributed by atoms with Crippen LogP contribution in [0.1, 0.15) is 16.7 Å². The van der Waals surface area contributed by atoms with Gasteiger partial charge in [0.05, 0.1) is 11.2 Å². The Kier molecular flexibility index (Phi) is 5.27. The fourth-order valence-electron chi connectivity index (χ4n) is 1.98. The summed E-state index contributed by atoms with van der Waals surface area (Å²) in [5.41, 5.74) is 2.64. The third-order valence-electron chi connectivity index (χ3n) is 3.30. The van der Waals surface area contributed by atoms with Gasteiger partial charge in [0.15, 0.2) is 0 Å². The van der Waals surface area contributed by atoms with Gasteiger partial charge in [-0.1, -0.05) is 59.3 Å². The minimum absolute atomic E-state index is 0.238. The van der Waals surface area contributed by atoms with E-state index in [1.54, 1.807) is 12.1 Å². The molecule has 7 heteroatoms. The third-order valence-corrected chi connectivity index (χ3v) is 4.63. The van der Waals surface area contributed by atoms with Gasteiger partial charge in [-0.25, -0.2) is 4.39 Å². The van der Waals surface area contributed by atoms with Crippen LogP contribution in [0.4, 0.5) is 4.39 Å². The molecule has 24 heavy (non-hydrogen) atoms. The van der Waals surface area contributed by atoms with E-state index in [-0.39, 0.29) is 5.56 Å². The lowest BCUT2D eigenvalue weighted by Crippen LogP contribution is -1.95. The zero-order chi connectivity index (χ0) is 16.9. The second kappa shape index (κ2) is 7.59. The van der Waals surface area contributed by atoms with Gasteiger partial charge >= 0.3 is 0 Å². The summed E-state index contributed by atoms with van der Waals surface area (Å²) >= 11 is 7.49. The van der Waals surface area contributed by atoms with E-state index in [0.29, 0.717) is 10.2 Å². The molecule has 122 valence electrons. The van der Waals surface area contributed by atoms with Crippen molar-refractivity contribution in [3.63, 3.8) is 0 Å². The van der Waals surface area contributed by atoms with E-state index in [1.165, 1.54) is 46.2 Å². The van der Waals surface area contributed by atoms with Gasteiger partial charge < -0.3 is 0 Å². The highest BCUT2D eigenvalue weighted by Crippen LogP contribution is 2.21. The molecule has 0 unspecified atom stereocenters. The number of rotatable bonds is 5. The lowest BCUT2D eigenvalue weighted by Gasteiger charge is -2.03. The molecule has 0 bridgehead atoms. The number of hydrogen-bond donors (Lipinski definition) is 0. The Labute approximate surface area is 148 Å². The zero-order valence-corrected chi connectivity index (χ0v) is 14.4. The predicted molar refractivity (Wildman–Crippen MR) is 95.2 cm³/mol. The van der Waals surface area contributed by atoms with E-state index in [2.05, 4.69) is 46.5 Å². The molecule has 4 nitrogen and oxygen atoms in total. The first-order chi connectivity index (χ1) is 11.6. The molecule has 0 aliphatic heterocycles. The quantitative estimate of drug-likeness (QED) is 0.495. The highest BCUT2D eigenvalue weighted by molar-refractivity contribution is 7.98. The van der Waals surface area contributed by atoms with Crippen LogP contribution >= 0.6 is 23.4 Å². The Morgan fingerprint density at radius 3 is 2.79 bits per heavy atom. The maximum atomic E-state index is 13.8. The molecule has 0 fully saturated rings. The monoisotopic (exact) mass is 360 g/mol. The summed E-state index contributed by atoms with van der Waals surface area (Å²) in [4.78, 5) is 0. The van der Waals surface area contributed by atoms with E-state index >= 15 is 0 Å². The van der Waals surface area contributed by atoms with Crippen molar-refractivity contribution in [2.24, 2.45) is 5.10 Å². The van der Waals surface area contributed by atoms with E-state index < -0.39 is 5.82 Å². The van der Waals surface area contributed by atoms with Gasteiger partial charge in [-0.3, -0.25) is 0 Å². The second-order valence-corrected chi connectivity index (χ2v) is 6.46. The average molecular weight is 361 g/mol. The van der Waals surface area contributed by atoms with Crippen LogP contribution < -0.4 is 0 Å². The molecule has 0 atom stereocenters. The van der Waals surface area contributed by atoms with Crippen molar-refractivity contribution in [1.29, 1.82) is 0 Å². The molecule has 2 aromatic carbocycles. The van der Waals surface area contributed by atoms with Crippen molar-refractivity contribution < 1.29 is 4.39 Å². The largest absolute Gasteiger partial charge is 0.212 e. The number of nitrogens with zero attached hydrogens (tertiary/aromatic N) is 4. The minimum Gasteiger partial charge on any atom is -0.206 e. The minimum atomic E-state index is -0.423. The van der Waals surface area contributed by atoms with Gasteiger partial charge in [0.25, 0.3) is 0 Å². The van der Waals surface area contributed by atoms with Gasteiger partial charge in [-0.15, -0.1) is 10.2 Å². The third kappa shape index (κ3) is 4.01. The first-order valence-corrected chi connectivity index (χ1v) is 8.56. The van der Waals surface area contributed by atoms with Gasteiger partial charge in [0, 0.05) is 11.3 Å². The van der Waals surface area contributed by atoms with Gasteiger partial charge in [-0.2, -0.15) is 9.78 Å². The Morgan fingerprint density at radius 2 is 2.04 bits per heavy atom. The van der Waals surface area contributed by atoms with E-state index in [1.807, 2.05) is 0 Å². The fourth-order valence-corrected chi connectivity index (χ4v) is 3.01. The van der Waals surface area contributed by atoms with E-state index in [0.717, 1.165) is 5.75 Å². The fraction of sp³-hybridized carbons (Fsp3) is 0.118. The highest BCUT2D eigenvalue weighted by atomic mass is 35.5. The molecule has 3 rings (SSSR count). The first-order valence-electron chi connectivity index (χ1n) is 7.20. The summed E-state index contributed by atoms with van der Waals surface area (Å²) in [6, 6.07) is 12.8. The van der Waals surface area contributed by atoms with E-state index in [9.17, 15) is 4.39 Å². The van der Waals surface area contributed by atoms with Crippen molar-refractivity contribution in [2.75, 3.05) is 0 Å². The molecular weight excluding hydrogens is 347 g/mol. The molecule has 0 amide bonds. The number of aryl methyl sites for hydroxylation is 1. The van der Waals surface area contributed by atoms with Crippen LogP contribution in [0.3, 0.4) is 0 Å². The molecule has 1 heterocycles. The van der Waals surface area contributed by atoms with Crippen molar-refractivity contribution in [2.45, 2.75) is 17.8 Å². The standard InChI is InChI=1S/C17H14ClFN4S/c1-12-5-7-13(8-6-12)10-24-17-22-20-11-23(17)21-9-14-15(18)3-2-4-16(14)19/h2-9,11H,10H2,1H3. The van der Waals surface area contributed by atoms with Crippen LogP contribution in [-0.2, 0) is 5.75 Å². The second-order valence-electron chi connectivity index (χ2n) is 5.11. The first kappa shape index (κ1) is 16.7. The summed E-state index contributed by atoms with van der Waals surface area (Å²) in [5.74, 6) is 0.322. The van der Waals surface area contributed by atoms with Crippen molar-refractivity contribution in [3.05, 3.63) is 76.3 Å². The molecule has 0 aliphatic carbocycles. The lowest BCUT2D eigenvalue weighted by atomic mass is 10.2. The molecule has 1 aromatic heterocycles. The summed E-state index contributed by atoms with van der Waals surface area (Å²) in [7, 11) is 0. The van der Waals surface area contributed by atoms with Gasteiger partial charge in [0.1, 0.15) is 12.1 Å². The maximum Gasteiger partial charge on any atom is 0.212 e.